The van der Waals surface area contributed by atoms with Gasteiger partial charge in [0, 0.05) is 0 Å². The van der Waals surface area contributed by atoms with Crippen LogP contribution in [0.25, 0.3) is 0 Å². The first-order valence-corrected chi connectivity index (χ1v) is 5.10. The van der Waals surface area contributed by atoms with Gasteiger partial charge in [0.15, 0.2) is 5.75 Å². The summed E-state index contributed by atoms with van der Waals surface area (Å²) >= 11 is 0. The van der Waals surface area contributed by atoms with Gasteiger partial charge in [-0.25, -0.2) is 18.6 Å². The van der Waals surface area contributed by atoms with E-state index in [2.05, 4.69) is 14.5 Å². The molecule has 0 spiro atoms. The van der Waals surface area contributed by atoms with Crippen LogP contribution >= 0.6 is 0 Å². The third-order valence-corrected chi connectivity index (χ3v) is 1.91. The van der Waals surface area contributed by atoms with E-state index in [1.54, 1.807) is 0 Å². The summed E-state index contributed by atoms with van der Waals surface area (Å²) in [6.07, 6.45) is -8.53. The lowest BCUT2D eigenvalue weighted by Crippen LogP contribution is -2.19. The zero-order chi connectivity index (χ0) is 15.5. The number of alkyl halides is 5. The zero-order valence-corrected chi connectivity index (χ0v) is 9.87. The number of aromatic nitrogens is 1. The second-order valence-corrected chi connectivity index (χ2v) is 3.32. The minimum absolute atomic E-state index is 0.167. The molecule has 20 heavy (non-hydrogen) atoms. The number of pyridine rings is 1. The fourth-order valence-corrected chi connectivity index (χ4v) is 1.19. The van der Waals surface area contributed by atoms with Crippen molar-refractivity contribution in [1.29, 1.82) is 0 Å². The second kappa shape index (κ2) is 5.88. The smallest absolute Gasteiger partial charge is 0.502 e. The largest absolute Gasteiger partial charge is 0.574 e. The molecule has 0 aliphatic heterocycles. The van der Waals surface area contributed by atoms with Crippen LogP contribution in [0.1, 0.15) is 29.4 Å². The van der Waals surface area contributed by atoms with Crippen molar-refractivity contribution in [2.75, 3.05) is 6.61 Å². The minimum atomic E-state index is -5.27. The van der Waals surface area contributed by atoms with Gasteiger partial charge in [-0.15, -0.1) is 13.2 Å². The van der Waals surface area contributed by atoms with Gasteiger partial charge in [-0.2, -0.15) is 0 Å². The van der Waals surface area contributed by atoms with Crippen molar-refractivity contribution in [3.05, 3.63) is 17.3 Å². The number of ether oxygens (including phenoxy) is 2. The number of hydrogen-bond donors (Lipinski definition) is 1. The number of hydrogen-bond acceptors (Lipinski definition) is 5. The third-order valence-electron chi connectivity index (χ3n) is 1.91. The number of nitrogens with zero attached hydrogens (tertiary/aromatic N) is 1. The third kappa shape index (κ3) is 3.93. The highest BCUT2D eigenvalue weighted by molar-refractivity contribution is 5.93. The van der Waals surface area contributed by atoms with Gasteiger partial charge in [0.2, 0.25) is 0 Å². The Bertz CT molecular complexity index is 503. The Balaban J connectivity index is 3.33. The standard InChI is InChI=1S/C10H8F5NO4/c1-2-19-9(18)4-3-5(7(11)12)16-8(6(4)17)20-10(13,14)15/h3,7,17H,2H2,1H3. The van der Waals surface area contributed by atoms with Crippen LogP contribution < -0.4 is 4.74 Å². The highest BCUT2D eigenvalue weighted by atomic mass is 19.4. The maximum atomic E-state index is 12.5. The van der Waals surface area contributed by atoms with E-state index in [1.807, 2.05) is 0 Å². The van der Waals surface area contributed by atoms with Gasteiger partial charge in [0.05, 0.1) is 6.61 Å². The van der Waals surface area contributed by atoms with Gasteiger partial charge < -0.3 is 14.6 Å². The molecule has 0 aliphatic carbocycles. The van der Waals surface area contributed by atoms with Crippen LogP contribution in [0.3, 0.4) is 0 Å². The summed E-state index contributed by atoms with van der Waals surface area (Å²) in [6, 6.07) is 0.432. The van der Waals surface area contributed by atoms with Gasteiger partial charge in [-0.1, -0.05) is 0 Å². The molecule has 10 heteroatoms. The van der Waals surface area contributed by atoms with E-state index in [9.17, 15) is 31.9 Å². The predicted molar refractivity (Wildman–Crippen MR) is 53.5 cm³/mol. The molecule has 0 radical (unpaired) electrons. The summed E-state index contributed by atoms with van der Waals surface area (Å²) < 4.78 is 68.9. The lowest BCUT2D eigenvalue weighted by atomic mass is 10.2. The summed E-state index contributed by atoms with van der Waals surface area (Å²) in [5.74, 6) is -4.15. The topological polar surface area (TPSA) is 68.7 Å². The Morgan fingerprint density at radius 1 is 1.45 bits per heavy atom. The molecule has 1 aromatic heterocycles. The lowest BCUT2D eigenvalue weighted by molar-refractivity contribution is -0.276. The zero-order valence-electron chi connectivity index (χ0n) is 9.87. The Hall–Kier alpha value is -2.13. The summed E-state index contributed by atoms with van der Waals surface area (Å²) in [4.78, 5) is 14.2. The van der Waals surface area contributed by atoms with Crippen molar-refractivity contribution >= 4 is 5.97 Å². The highest BCUT2D eigenvalue weighted by Crippen LogP contribution is 2.35. The molecule has 1 aromatic rings. The van der Waals surface area contributed by atoms with Gasteiger partial charge in [0.1, 0.15) is 11.3 Å². The number of aromatic hydroxyl groups is 1. The molecule has 0 amide bonds. The van der Waals surface area contributed by atoms with Crippen LogP contribution in [0, 0.1) is 0 Å². The van der Waals surface area contributed by atoms with Crippen LogP contribution in [0.5, 0.6) is 11.6 Å². The van der Waals surface area contributed by atoms with Gasteiger partial charge in [-0.3, -0.25) is 0 Å². The Labute approximate surface area is 108 Å². The molecule has 0 saturated heterocycles. The summed E-state index contributed by atoms with van der Waals surface area (Å²) in [7, 11) is 0. The Morgan fingerprint density at radius 3 is 2.50 bits per heavy atom. The SMILES string of the molecule is CCOC(=O)c1cc(C(F)F)nc(OC(F)(F)F)c1O. The van der Waals surface area contributed by atoms with Gasteiger partial charge >= 0.3 is 12.3 Å². The van der Waals surface area contributed by atoms with E-state index in [4.69, 9.17) is 0 Å². The summed E-state index contributed by atoms with van der Waals surface area (Å²) in [5.41, 5.74) is -2.05. The monoisotopic (exact) mass is 301 g/mol. The Kier molecular flexibility index (Phi) is 4.69. The number of carbonyl (C=O) groups excluding carboxylic acids is 1. The second-order valence-electron chi connectivity index (χ2n) is 3.32. The van der Waals surface area contributed by atoms with Crippen molar-refractivity contribution in [2.45, 2.75) is 19.7 Å². The van der Waals surface area contributed by atoms with Crippen molar-refractivity contribution in [3.63, 3.8) is 0 Å². The normalized spacial score (nSPS) is 11.6. The molecule has 1 rings (SSSR count). The van der Waals surface area contributed by atoms with Crippen LogP contribution in [0.4, 0.5) is 22.0 Å². The Morgan fingerprint density at radius 2 is 2.05 bits per heavy atom. The molecular weight excluding hydrogens is 293 g/mol. The molecule has 112 valence electrons. The average molecular weight is 301 g/mol. The van der Waals surface area contributed by atoms with E-state index in [0.717, 1.165) is 0 Å². The van der Waals surface area contributed by atoms with Crippen LogP contribution in [0.2, 0.25) is 0 Å². The molecule has 0 aliphatic rings. The molecule has 0 aromatic carbocycles. The first-order chi connectivity index (χ1) is 9.15. The first-order valence-electron chi connectivity index (χ1n) is 5.10. The lowest BCUT2D eigenvalue weighted by Gasteiger charge is -2.13. The van der Waals surface area contributed by atoms with Gasteiger partial charge in [0.25, 0.3) is 12.3 Å². The number of rotatable bonds is 4. The van der Waals surface area contributed by atoms with Crippen molar-refractivity contribution in [1.82, 2.24) is 4.98 Å². The maximum Gasteiger partial charge on any atom is 0.574 e. The molecule has 1 N–H and O–H groups in total. The van der Waals surface area contributed by atoms with Crippen molar-refractivity contribution < 1.29 is 41.3 Å². The first kappa shape index (κ1) is 15.9. The number of halogens is 5. The molecule has 1 heterocycles. The van der Waals surface area contributed by atoms with E-state index in [-0.39, 0.29) is 6.61 Å². The van der Waals surface area contributed by atoms with Crippen molar-refractivity contribution in [3.8, 4) is 11.6 Å². The molecule has 5 nitrogen and oxygen atoms in total. The van der Waals surface area contributed by atoms with Crippen LogP contribution in [-0.4, -0.2) is 29.0 Å². The molecule has 0 fully saturated rings. The highest BCUT2D eigenvalue weighted by Gasteiger charge is 2.35. The summed E-state index contributed by atoms with van der Waals surface area (Å²) in [6.45, 7) is 1.22. The van der Waals surface area contributed by atoms with Crippen molar-refractivity contribution in [2.24, 2.45) is 0 Å². The molecule has 0 bridgehead atoms. The minimum Gasteiger partial charge on any atom is -0.502 e. The maximum absolute atomic E-state index is 12.5. The van der Waals surface area contributed by atoms with Crippen LogP contribution in [0.15, 0.2) is 6.07 Å². The summed E-state index contributed by atoms with van der Waals surface area (Å²) in [5, 5.41) is 9.42. The van der Waals surface area contributed by atoms with E-state index >= 15 is 0 Å². The number of esters is 1. The van der Waals surface area contributed by atoms with Gasteiger partial charge in [-0.05, 0) is 13.0 Å². The molecule has 0 saturated carbocycles. The number of carbonyl (C=O) groups is 1. The predicted octanol–water partition coefficient (Wildman–Crippen LogP) is 2.80. The molecule has 0 atom stereocenters. The quantitative estimate of drug-likeness (QED) is 0.684. The van der Waals surface area contributed by atoms with E-state index in [1.165, 1.54) is 6.92 Å². The fraction of sp³-hybridized carbons (Fsp3) is 0.400. The van der Waals surface area contributed by atoms with E-state index in [0.29, 0.717) is 6.07 Å². The fourth-order valence-electron chi connectivity index (χ4n) is 1.19. The van der Waals surface area contributed by atoms with Crippen LogP contribution in [-0.2, 0) is 4.74 Å². The molecular formula is C10H8F5NO4. The van der Waals surface area contributed by atoms with E-state index < -0.39 is 41.6 Å². The molecule has 0 unspecified atom stereocenters. The average Bonchev–Trinajstić information content (AvgIpc) is 2.29.